The summed E-state index contributed by atoms with van der Waals surface area (Å²) in [6.45, 7) is 8.43. The Bertz CT molecular complexity index is 276. The molecule has 2 N–H and O–H groups in total. The van der Waals surface area contributed by atoms with Crippen LogP contribution in [0.2, 0.25) is 0 Å². The lowest BCUT2D eigenvalue weighted by Gasteiger charge is -2.44. The summed E-state index contributed by atoms with van der Waals surface area (Å²) in [5, 5.41) is 0. The number of rotatable bonds is 1. The molecule has 0 aromatic carbocycles. The minimum absolute atomic E-state index is 0.509. The van der Waals surface area contributed by atoms with Crippen molar-refractivity contribution in [2.75, 3.05) is 6.54 Å². The minimum atomic E-state index is 0.509. The van der Waals surface area contributed by atoms with Crippen LogP contribution in [0.4, 0.5) is 0 Å². The molecule has 0 aliphatic heterocycles. The standard InChI is InChI=1S/C13H23N/c1-10-4-11(2)6-12(3,5-10)13(7-10,8-11)9-14/h4-9,14H2,1-3H3. The highest BCUT2D eigenvalue weighted by atomic mass is 14.8. The maximum atomic E-state index is 6.10. The lowest BCUT2D eigenvalue weighted by molar-refractivity contribution is 0.0664. The quantitative estimate of drug-likeness (QED) is 0.681. The van der Waals surface area contributed by atoms with Crippen LogP contribution in [0, 0.1) is 21.7 Å². The van der Waals surface area contributed by atoms with Gasteiger partial charge < -0.3 is 5.73 Å². The van der Waals surface area contributed by atoms with Gasteiger partial charge in [0.05, 0.1) is 0 Å². The highest BCUT2D eigenvalue weighted by Gasteiger charge is 2.70. The van der Waals surface area contributed by atoms with E-state index in [1.165, 1.54) is 32.1 Å². The highest BCUT2D eigenvalue weighted by Crippen LogP contribution is 2.79. The topological polar surface area (TPSA) is 26.0 Å². The Morgan fingerprint density at radius 3 is 1.71 bits per heavy atom. The van der Waals surface area contributed by atoms with Crippen molar-refractivity contribution in [2.45, 2.75) is 52.9 Å². The van der Waals surface area contributed by atoms with Gasteiger partial charge in [0.1, 0.15) is 0 Å². The molecule has 4 aliphatic rings. The second-order valence-corrected chi connectivity index (χ2v) is 7.55. The van der Waals surface area contributed by atoms with Crippen LogP contribution in [0.15, 0.2) is 0 Å². The molecule has 0 spiro atoms. The summed E-state index contributed by atoms with van der Waals surface area (Å²) in [5.41, 5.74) is 8.43. The first kappa shape index (κ1) is 9.21. The Kier molecular flexibility index (Phi) is 1.36. The second kappa shape index (κ2) is 2.07. The maximum absolute atomic E-state index is 6.10. The van der Waals surface area contributed by atoms with Gasteiger partial charge in [-0.1, -0.05) is 20.8 Å². The van der Waals surface area contributed by atoms with Crippen molar-refractivity contribution in [3.05, 3.63) is 0 Å². The van der Waals surface area contributed by atoms with Crippen molar-refractivity contribution in [2.24, 2.45) is 27.4 Å². The van der Waals surface area contributed by atoms with E-state index < -0.39 is 0 Å². The Balaban J connectivity index is 2.12. The normalized spacial score (nSPS) is 65.1. The second-order valence-electron chi connectivity index (χ2n) is 7.55. The van der Waals surface area contributed by atoms with Crippen molar-refractivity contribution in [3.8, 4) is 0 Å². The van der Waals surface area contributed by atoms with Crippen LogP contribution in [-0.2, 0) is 0 Å². The molecule has 4 saturated carbocycles. The molecular formula is C13H23N. The largest absolute Gasteiger partial charge is 0.330 e. The van der Waals surface area contributed by atoms with Crippen molar-refractivity contribution in [1.29, 1.82) is 0 Å². The zero-order chi connectivity index (χ0) is 10.2. The molecule has 4 bridgehead atoms. The molecule has 0 radical (unpaired) electrons. The molecule has 2 unspecified atom stereocenters. The van der Waals surface area contributed by atoms with Gasteiger partial charge in [-0.2, -0.15) is 0 Å². The first-order valence-electron chi connectivity index (χ1n) is 6.05. The average Bonchev–Trinajstić information content (AvgIpc) is 2.22. The Labute approximate surface area is 87.4 Å². The highest BCUT2D eigenvalue weighted by molar-refractivity contribution is 5.21. The van der Waals surface area contributed by atoms with Crippen LogP contribution < -0.4 is 5.73 Å². The van der Waals surface area contributed by atoms with E-state index in [-0.39, 0.29) is 0 Å². The van der Waals surface area contributed by atoms with E-state index in [0.29, 0.717) is 21.7 Å². The predicted octanol–water partition coefficient (Wildman–Crippen LogP) is 2.94. The van der Waals surface area contributed by atoms with Crippen molar-refractivity contribution in [1.82, 2.24) is 0 Å². The van der Waals surface area contributed by atoms with Gasteiger partial charge in [0.25, 0.3) is 0 Å². The summed E-state index contributed by atoms with van der Waals surface area (Å²) in [6.07, 6.45) is 7.14. The molecule has 2 atom stereocenters. The first-order valence-corrected chi connectivity index (χ1v) is 6.05. The van der Waals surface area contributed by atoms with E-state index in [4.69, 9.17) is 5.73 Å². The van der Waals surface area contributed by atoms with E-state index in [1.54, 1.807) is 0 Å². The molecule has 0 aromatic heterocycles. The van der Waals surface area contributed by atoms with Crippen molar-refractivity contribution < 1.29 is 0 Å². The van der Waals surface area contributed by atoms with Crippen LogP contribution >= 0.6 is 0 Å². The van der Waals surface area contributed by atoms with Gasteiger partial charge in [0.15, 0.2) is 0 Å². The van der Waals surface area contributed by atoms with Crippen LogP contribution in [0.5, 0.6) is 0 Å². The molecule has 0 saturated heterocycles. The van der Waals surface area contributed by atoms with E-state index in [1.807, 2.05) is 0 Å². The van der Waals surface area contributed by atoms with Crippen molar-refractivity contribution >= 4 is 0 Å². The van der Waals surface area contributed by atoms with Gasteiger partial charge in [0, 0.05) is 0 Å². The molecule has 80 valence electrons. The zero-order valence-electron chi connectivity index (χ0n) is 9.82. The summed E-state index contributed by atoms with van der Waals surface area (Å²) in [6, 6.07) is 0. The number of nitrogens with two attached hydrogens (primary N) is 1. The number of hydrogen-bond donors (Lipinski definition) is 1. The van der Waals surface area contributed by atoms with Gasteiger partial charge in [-0.05, 0) is 60.3 Å². The van der Waals surface area contributed by atoms with E-state index in [2.05, 4.69) is 20.8 Å². The fraction of sp³-hybridized carbons (Fsp3) is 1.00. The molecule has 4 fully saturated rings. The van der Waals surface area contributed by atoms with E-state index in [9.17, 15) is 0 Å². The lowest BCUT2D eigenvalue weighted by atomic mass is 9.61. The van der Waals surface area contributed by atoms with Crippen LogP contribution in [0.25, 0.3) is 0 Å². The molecule has 0 aromatic rings. The van der Waals surface area contributed by atoms with Gasteiger partial charge in [-0.3, -0.25) is 0 Å². The lowest BCUT2D eigenvalue weighted by Crippen LogP contribution is -2.38. The molecule has 4 aliphatic carbocycles. The molecule has 0 amide bonds. The van der Waals surface area contributed by atoms with Gasteiger partial charge in [-0.25, -0.2) is 0 Å². The fourth-order valence-electron chi connectivity index (χ4n) is 6.24. The van der Waals surface area contributed by atoms with Crippen LogP contribution in [0.1, 0.15) is 52.9 Å². The molecule has 14 heavy (non-hydrogen) atoms. The first-order chi connectivity index (χ1) is 6.35. The fourth-order valence-corrected chi connectivity index (χ4v) is 6.24. The summed E-state index contributed by atoms with van der Waals surface area (Å²) >= 11 is 0. The minimum Gasteiger partial charge on any atom is -0.330 e. The zero-order valence-corrected chi connectivity index (χ0v) is 9.82. The van der Waals surface area contributed by atoms with Gasteiger partial charge in [-0.15, -0.1) is 0 Å². The third-order valence-corrected chi connectivity index (χ3v) is 5.69. The third-order valence-electron chi connectivity index (χ3n) is 5.69. The average molecular weight is 193 g/mol. The summed E-state index contributed by atoms with van der Waals surface area (Å²) in [7, 11) is 0. The third kappa shape index (κ3) is 0.816. The molecule has 4 rings (SSSR count). The van der Waals surface area contributed by atoms with Crippen LogP contribution in [0.3, 0.4) is 0 Å². The van der Waals surface area contributed by atoms with Gasteiger partial charge in [0.2, 0.25) is 0 Å². The molecule has 1 heteroatoms. The predicted molar refractivity (Wildman–Crippen MR) is 58.9 cm³/mol. The summed E-state index contributed by atoms with van der Waals surface area (Å²) in [4.78, 5) is 0. The van der Waals surface area contributed by atoms with E-state index in [0.717, 1.165) is 6.54 Å². The van der Waals surface area contributed by atoms with Crippen molar-refractivity contribution in [3.63, 3.8) is 0 Å². The monoisotopic (exact) mass is 193 g/mol. The summed E-state index contributed by atoms with van der Waals surface area (Å²) in [5.74, 6) is 0. The number of hydrogen-bond acceptors (Lipinski definition) is 1. The van der Waals surface area contributed by atoms with E-state index >= 15 is 0 Å². The summed E-state index contributed by atoms with van der Waals surface area (Å²) < 4.78 is 0. The smallest absolute Gasteiger partial charge is 0.00149 e. The molecule has 0 heterocycles. The van der Waals surface area contributed by atoms with Crippen LogP contribution in [-0.4, -0.2) is 6.54 Å². The maximum Gasteiger partial charge on any atom is -0.00149 e. The Morgan fingerprint density at radius 1 is 0.857 bits per heavy atom. The molecular weight excluding hydrogens is 170 g/mol. The van der Waals surface area contributed by atoms with Gasteiger partial charge >= 0.3 is 0 Å². The SMILES string of the molecule is CC12CC3(C)CC(C)(C1)C(CN)(C2)C3. The Hall–Kier alpha value is -0.0400. The Morgan fingerprint density at radius 2 is 1.36 bits per heavy atom. The molecule has 1 nitrogen and oxygen atoms in total.